The van der Waals surface area contributed by atoms with Gasteiger partial charge in [-0.05, 0) is 30.3 Å². The lowest BCUT2D eigenvalue weighted by atomic mass is 10.0. The smallest absolute Gasteiger partial charge is 0.141 e. The summed E-state index contributed by atoms with van der Waals surface area (Å²) in [5.74, 6) is 0.173. The average Bonchev–Trinajstić information content (AvgIpc) is 2.68. The van der Waals surface area contributed by atoms with Crippen LogP contribution in [0.4, 0.5) is 0 Å². The van der Waals surface area contributed by atoms with Crippen LogP contribution in [0.3, 0.4) is 0 Å². The molecule has 0 amide bonds. The van der Waals surface area contributed by atoms with Crippen LogP contribution in [0.5, 0.6) is 5.75 Å². The number of phenolic OH excluding ortho intramolecular Hbond substituents is 1. The molecule has 25 heavy (non-hydrogen) atoms. The highest BCUT2D eigenvalue weighted by Gasteiger charge is 2.11. The fourth-order valence-electron chi connectivity index (χ4n) is 3.25. The molecule has 4 heteroatoms. The number of phenols is 1. The van der Waals surface area contributed by atoms with Gasteiger partial charge in [0.1, 0.15) is 11.3 Å². The van der Waals surface area contributed by atoms with Crippen molar-refractivity contribution in [3.63, 3.8) is 0 Å². The minimum Gasteiger partial charge on any atom is -0.506 e. The Morgan fingerprint density at radius 2 is 1.36 bits per heavy atom. The maximum Gasteiger partial charge on any atom is 0.141 e. The summed E-state index contributed by atoms with van der Waals surface area (Å²) >= 11 is 0. The van der Waals surface area contributed by atoms with Gasteiger partial charge in [-0.1, -0.05) is 30.3 Å². The van der Waals surface area contributed by atoms with E-state index in [0.29, 0.717) is 5.52 Å². The van der Waals surface area contributed by atoms with Crippen molar-refractivity contribution < 1.29 is 5.11 Å². The minimum atomic E-state index is 0.173. The van der Waals surface area contributed by atoms with E-state index in [1.165, 1.54) is 0 Å². The van der Waals surface area contributed by atoms with Crippen molar-refractivity contribution >= 4 is 32.7 Å². The zero-order valence-electron chi connectivity index (χ0n) is 13.2. The quantitative estimate of drug-likeness (QED) is 0.454. The molecule has 0 radical (unpaired) electrons. The second-order valence-corrected chi connectivity index (χ2v) is 5.94. The number of aromatic nitrogens is 3. The SMILES string of the molecule is Oc1ccc(-c2ccc3ccc4cccnc4c3n2)c2cccnc12. The molecule has 0 aliphatic carbocycles. The lowest BCUT2D eigenvalue weighted by molar-refractivity contribution is 0.480. The summed E-state index contributed by atoms with van der Waals surface area (Å²) in [5, 5.41) is 13.1. The first-order valence-electron chi connectivity index (χ1n) is 8.03. The van der Waals surface area contributed by atoms with E-state index in [4.69, 9.17) is 4.98 Å². The van der Waals surface area contributed by atoms with E-state index in [2.05, 4.69) is 28.2 Å². The Morgan fingerprint density at radius 1 is 0.640 bits per heavy atom. The van der Waals surface area contributed by atoms with Gasteiger partial charge in [-0.25, -0.2) is 4.98 Å². The topological polar surface area (TPSA) is 58.9 Å². The molecule has 5 aromatic rings. The summed E-state index contributed by atoms with van der Waals surface area (Å²) in [5.41, 5.74) is 4.13. The van der Waals surface area contributed by atoms with Crippen LogP contribution in [0.1, 0.15) is 0 Å². The van der Waals surface area contributed by atoms with Gasteiger partial charge in [-0.2, -0.15) is 0 Å². The van der Waals surface area contributed by atoms with Crippen LogP contribution in [0.25, 0.3) is 44.0 Å². The van der Waals surface area contributed by atoms with Crippen molar-refractivity contribution in [3.8, 4) is 17.0 Å². The number of benzene rings is 2. The molecule has 0 unspecified atom stereocenters. The lowest BCUT2D eigenvalue weighted by Crippen LogP contribution is -1.90. The largest absolute Gasteiger partial charge is 0.506 e. The number of nitrogens with zero attached hydrogens (tertiary/aromatic N) is 3. The lowest BCUT2D eigenvalue weighted by Gasteiger charge is -2.09. The summed E-state index contributed by atoms with van der Waals surface area (Å²) in [6.07, 6.45) is 3.47. The number of pyridine rings is 3. The summed E-state index contributed by atoms with van der Waals surface area (Å²) in [4.78, 5) is 13.7. The first-order valence-corrected chi connectivity index (χ1v) is 8.03. The maximum absolute atomic E-state index is 10.1. The Morgan fingerprint density at radius 3 is 2.24 bits per heavy atom. The monoisotopic (exact) mass is 323 g/mol. The third-order valence-corrected chi connectivity index (χ3v) is 4.46. The van der Waals surface area contributed by atoms with Gasteiger partial charge in [0.05, 0.1) is 16.7 Å². The third-order valence-electron chi connectivity index (χ3n) is 4.46. The van der Waals surface area contributed by atoms with E-state index >= 15 is 0 Å². The Kier molecular flexibility index (Phi) is 2.91. The van der Waals surface area contributed by atoms with Crippen molar-refractivity contribution in [1.29, 1.82) is 0 Å². The van der Waals surface area contributed by atoms with Crippen LogP contribution in [0.15, 0.2) is 73.1 Å². The predicted molar refractivity (Wildman–Crippen MR) is 99.4 cm³/mol. The van der Waals surface area contributed by atoms with Crippen LogP contribution in [0.2, 0.25) is 0 Å². The first-order chi connectivity index (χ1) is 12.3. The van der Waals surface area contributed by atoms with Crippen LogP contribution in [-0.4, -0.2) is 20.1 Å². The minimum absolute atomic E-state index is 0.173. The second-order valence-electron chi connectivity index (χ2n) is 5.94. The molecule has 3 heterocycles. The van der Waals surface area contributed by atoms with Gasteiger partial charge in [0.2, 0.25) is 0 Å². The Balaban J connectivity index is 1.85. The zero-order valence-corrected chi connectivity index (χ0v) is 13.2. The van der Waals surface area contributed by atoms with Gasteiger partial charge >= 0.3 is 0 Å². The van der Waals surface area contributed by atoms with Crippen molar-refractivity contribution in [2.75, 3.05) is 0 Å². The summed E-state index contributed by atoms with van der Waals surface area (Å²) < 4.78 is 0. The van der Waals surface area contributed by atoms with Gasteiger partial charge in [0, 0.05) is 34.1 Å². The molecule has 3 aromatic heterocycles. The highest BCUT2D eigenvalue weighted by molar-refractivity contribution is 6.04. The highest BCUT2D eigenvalue weighted by Crippen LogP contribution is 2.33. The molecular formula is C21H13N3O. The van der Waals surface area contributed by atoms with E-state index in [1.54, 1.807) is 18.5 Å². The zero-order chi connectivity index (χ0) is 16.8. The number of hydrogen-bond acceptors (Lipinski definition) is 4. The van der Waals surface area contributed by atoms with Crippen LogP contribution in [-0.2, 0) is 0 Å². The van der Waals surface area contributed by atoms with E-state index in [1.807, 2.05) is 36.4 Å². The molecule has 118 valence electrons. The number of fused-ring (bicyclic) bond motifs is 4. The summed E-state index contributed by atoms with van der Waals surface area (Å²) in [6, 6.07) is 19.5. The molecule has 2 aromatic carbocycles. The first kappa shape index (κ1) is 13.9. The van der Waals surface area contributed by atoms with E-state index in [9.17, 15) is 5.11 Å². The molecule has 0 bridgehead atoms. The van der Waals surface area contributed by atoms with Crippen molar-refractivity contribution in [3.05, 3.63) is 73.1 Å². The van der Waals surface area contributed by atoms with Gasteiger partial charge in [0.25, 0.3) is 0 Å². The molecule has 0 aliphatic heterocycles. The van der Waals surface area contributed by atoms with Gasteiger partial charge < -0.3 is 5.11 Å². The standard InChI is InChI=1S/C21H13N3O/c25-18-10-8-15(16-4-2-12-23-21(16)18)17-9-7-14-6-5-13-3-1-11-22-19(13)20(14)24-17/h1-12,25H. The Labute approximate surface area is 143 Å². The number of rotatable bonds is 1. The predicted octanol–water partition coefficient (Wildman–Crippen LogP) is 4.70. The van der Waals surface area contributed by atoms with Crippen LogP contribution in [0, 0.1) is 0 Å². The molecule has 0 spiro atoms. The van der Waals surface area contributed by atoms with Crippen molar-refractivity contribution in [2.45, 2.75) is 0 Å². The molecule has 1 N–H and O–H groups in total. The summed E-state index contributed by atoms with van der Waals surface area (Å²) in [6.45, 7) is 0. The molecule has 0 fully saturated rings. The number of hydrogen-bond donors (Lipinski definition) is 1. The highest BCUT2D eigenvalue weighted by atomic mass is 16.3. The fourth-order valence-corrected chi connectivity index (χ4v) is 3.25. The van der Waals surface area contributed by atoms with Crippen LogP contribution < -0.4 is 0 Å². The number of aromatic hydroxyl groups is 1. The molecule has 0 aliphatic rings. The fraction of sp³-hybridized carbons (Fsp3) is 0. The molecule has 0 atom stereocenters. The maximum atomic E-state index is 10.1. The second kappa shape index (κ2) is 5.24. The molecule has 0 saturated heterocycles. The van der Waals surface area contributed by atoms with Gasteiger partial charge in [0.15, 0.2) is 0 Å². The van der Waals surface area contributed by atoms with E-state index in [0.717, 1.165) is 38.4 Å². The van der Waals surface area contributed by atoms with E-state index in [-0.39, 0.29) is 5.75 Å². The summed E-state index contributed by atoms with van der Waals surface area (Å²) in [7, 11) is 0. The van der Waals surface area contributed by atoms with Gasteiger partial charge in [-0.15, -0.1) is 0 Å². The van der Waals surface area contributed by atoms with Crippen molar-refractivity contribution in [1.82, 2.24) is 15.0 Å². The third kappa shape index (κ3) is 2.11. The molecule has 0 saturated carbocycles. The van der Waals surface area contributed by atoms with Gasteiger partial charge in [-0.3, -0.25) is 9.97 Å². The Hall–Kier alpha value is -3.53. The molecular weight excluding hydrogens is 310 g/mol. The average molecular weight is 323 g/mol. The normalized spacial score (nSPS) is 11.4. The van der Waals surface area contributed by atoms with Crippen LogP contribution >= 0.6 is 0 Å². The molecule has 5 rings (SSSR count). The Bertz CT molecular complexity index is 1260. The van der Waals surface area contributed by atoms with Crippen molar-refractivity contribution in [2.24, 2.45) is 0 Å². The molecule has 4 nitrogen and oxygen atoms in total. The van der Waals surface area contributed by atoms with E-state index < -0.39 is 0 Å².